The number of hydrogen-bond acceptors (Lipinski definition) is 2. The van der Waals surface area contributed by atoms with Crippen molar-refractivity contribution in [2.75, 3.05) is 11.9 Å². The second kappa shape index (κ2) is 12.4. The molecule has 0 heterocycles. The van der Waals surface area contributed by atoms with Crippen LogP contribution < -0.4 is 21.5 Å². The van der Waals surface area contributed by atoms with Crippen molar-refractivity contribution in [1.82, 2.24) is 0 Å². The molecule has 2 aromatic rings. The van der Waals surface area contributed by atoms with Crippen molar-refractivity contribution in [3.8, 4) is 5.75 Å². The second-order valence-corrected chi connectivity index (χ2v) is 6.57. The molecule has 28 heavy (non-hydrogen) atoms. The molecule has 6 nitrogen and oxygen atoms in total. The molecule has 2 aromatic carbocycles. The summed E-state index contributed by atoms with van der Waals surface area (Å²) in [6.45, 7) is 2.97. The van der Waals surface area contributed by atoms with E-state index in [1.54, 1.807) is 0 Å². The van der Waals surface area contributed by atoms with Crippen LogP contribution in [0.15, 0.2) is 64.6 Å². The van der Waals surface area contributed by atoms with Gasteiger partial charge in [0.15, 0.2) is 0 Å². The Morgan fingerprint density at radius 2 is 1.57 bits per heavy atom. The monoisotopic (exact) mass is 381 g/mol. The normalized spacial score (nSPS) is 12.0. The number of benzene rings is 2. The highest BCUT2D eigenvalue weighted by atomic mass is 16.5. The number of rotatable bonds is 10. The average Bonchev–Trinajstić information content (AvgIpc) is 2.69. The highest BCUT2D eigenvalue weighted by Crippen LogP contribution is 2.18. The van der Waals surface area contributed by atoms with Crippen molar-refractivity contribution in [3.05, 3.63) is 54.6 Å². The zero-order valence-corrected chi connectivity index (χ0v) is 16.6. The first-order valence-electron chi connectivity index (χ1n) is 9.90. The number of nitrogens with two attached hydrogens (primary N) is 2. The number of ether oxygens (including phenoxy) is 1. The van der Waals surface area contributed by atoms with E-state index in [2.05, 4.69) is 22.2 Å². The lowest BCUT2D eigenvalue weighted by Gasteiger charge is -2.06. The molecular formula is C22H31N5O. The lowest BCUT2D eigenvalue weighted by atomic mass is 10.1. The van der Waals surface area contributed by atoms with Gasteiger partial charge in [0.05, 0.1) is 12.3 Å². The maximum absolute atomic E-state index is 5.86. The molecule has 0 radical (unpaired) electrons. The van der Waals surface area contributed by atoms with Crippen molar-refractivity contribution in [2.24, 2.45) is 21.5 Å². The van der Waals surface area contributed by atoms with Gasteiger partial charge in [-0.05, 0) is 42.8 Å². The van der Waals surface area contributed by atoms with Gasteiger partial charge in [0.1, 0.15) is 5.75 Å². The van der Waals surface area contributed by atoms with E-state index in [4.69, 9.17) is 16.2 Å². The number of nitrogens with one attached hydrogen (secondary N) is 1. The number of hydrogen-bond donors (Lipinski definition) is 3. The summed E-state index contributed by atoms with van der Waals surface area (Å²) in [4.78, 5) is 8.31. The van der Waals surface area contributed by atoms with E-state index in [0.29, 0.717) is 5.69 Å². The molecule has 0 aliphatic heterocycles. The Morgan fingerprint density at radius 3 is 2.29 bits per heavy atom. The van der Waals surface area contributed by atoms with E-state index >= 15 is 0 Å². The molecular weight excluding hydrogens is 350 g/mol. The number of nitrogens with zero attached hydrogens (tertiary/aromatic N) is 2. The summed E-state index contributed by atoms with van der Waals surface area (Å²) in [5.41, 5.74) is 13.2. The summed E-state index contributed by atoms with van der Waals surface area (Å²) in [6, 6.07) is 17.0. The highest BCUT2D eigenvalue weighted by molar-refractivity contribution is 6.01. The highest BCUT2D eigenvalue weighted by Gasteiger charge is 1.99. The smallest absolute Gasteiger partial charge is 0.223 e. The summed E-state index contributed by atoms with van der Waals surface area (Å²) in [5.74, 6) is 1.10. The molecule has 0 aliphatic rings. The molecule has 0 aromatic heterocycles. The molecule has 150 valence electrons. The predicted molar refractivity (Wildman–Crippen MR) is 118 cm³/mol. The van der Waals surface area contributed by atoms with Gasteiger partial charge in [0.25, 0.3) is 0 Å². The summed E-state index contributed by atoms with van der Waals surface area (Å²) in [7, 11) is 0. The standard InChI is InChI=1S/C22H31N5O/c1-2-3-4-5-6-10-17-28-20-15-13-19(14-16-20)26-22(24)27-21(23)25-18-11-8-7-9-12-18/h7-9,11-16H,2-6,10,17H2,1H3,(H5,23,24,25,26,27). The Labute approximate surface area is 167 Å². The van der Waals surface area contributed by atoms with Gasteiger partial charge in [0, 0.05) is 5.69 Å². The fourth-order valence-corrected chi connectivity index (χ4v) is 2.67. The predicted octanol–water partition coefficient (Wildman–Crippen LogP) is 4.80. The van der Waals surface area contributed by atoms with Gasteiger partial charge >= 0.3 is 0 Å². The summed E-state index contributed by atoms with van der Waals surface area (Å²) >= 11 is 0. The molecule has 0 saturated carbocycles. The quantitative estimate of drug-likeness (QED) is 0.313. The molecule has 0 atom stereocenters. The molecule has 0 fully saturated rings. The SMILES string of the molecule is CCCCCCCCOc1ccc(N=C(N)/N=C(\N)Nc2ccccc2)cc1. The lowest BCUT2D eigenvalue weighted by Crippen LogP contribution is -2.25. The van der Waals surface area contributed by atoms with Crippen LogP contribution in [0.1, 0.15) is 45.4 Å². The fraction of sp³-hybridized carbons (Fsp3) is 0.364. The maximum Gasteiger partial charge on any atom is 0.223 e. The zero-order valence-electron chi connectivity index (χ0n) is 16.6. The summed E-state index contributed by atoms with van der Waals surface area (Å²) < 4.78 is 5.77. The van der Waals surface area contributed by atoms with Crippen molar-refractivity contribution < 1.29 is 4.74 Å². The third kappa shape index (κ3) is 8.58. The molecule has 0 unspecified atom stereocenters. The molecule has 0 aliphatic carbocycles. The van der Waals surface area contributed by atoms with Crippen LogP contribution in [-0.2, 0) is 0 Å². The van der Waals surface area contributed by atoms with Gasteiger partial charge in [-0.3, -0.25) is 0 Å². The van der Waals surface area contributed by atoms with Crippen molar-refractivity contribution >= 4 is 23.3 Å². The molecule has 6 heteroatoms. The van der Waals surface area contributed by atoms with Crippen LogP contribution in [0, 0.1) is 0 Å². The van der Waals surface area contributed by atoms with Gasteiger partial charge in [0.2, 0.25) is 11.9 Å². The Hall–Kier alpha value is -3.02. The number of aliphatic imine (C=N–C) groups is 2. The number of unbranched alkanes of at least 4 members (excludes halogenated alkanes) is 5. The van der Waals surface area contributed by atoms with Gasteiger partial charge in [-0.25, -0.2) is 4.99 Å². The Kier molecular flexibility index (Phi) is 9.41. The van der Waals surface area contributed by atoms with Crippen LogP contribution in [-0.4, -0.2) is 18.5 Å². The molecule has 0 spiro atoms. The first kappa shape index (κ1) is 21.3. The van der Waals surface area contributed by atoms with E-state index in [1.807, 2.05) is 54.6 Å². The van der Waals surface area contributed by atoms with Crippen LogP contribution in [0.4, 0.5) is 11.4 Å². The molecule has 0 bridgehead atoms. The van der Waals surface area contributed by atoms with E-state index in [9.17, 15) is 0 Å². The Bertz CT molecular complexity index is 741. The van der Waals surface area contributed by atoms with Gasteiger partial charge < -0.3 is 21.5 Å². The van der Waals surface area contributed by atoms with Crippen molar-refractivity contribution in [3.63, 3.8) is 0 Å². The third-order valence-electron chi connectivity index (χ3n) is 4.13. The Morgan fingerprint density at radius 1 is 0.893 bits per heavy atom. The van der Waals surface area contributed by atoms with Crippen LogP contribution >= 0.6 is 0 Å². The van der Waals surface area contributed by atoms with Gasteiger partial charge in [-0.2, -0.15) is 4.99 Å². The number of guanidine groups is 2. The van der Waals surface area contributed by atoms with Gasteiger partial charge in [-0.15, -0.1) is 0 Å². The minimum atomic E-state index is 0.0849. The third-order valence-corrected chi connectivity index (χ3v) is 4.13. The fourth-order valence-electron chi connectivity index (χ4n) is 2.67. The molecule has 0 amide bonds. The minimum absolute atomic E-state index is 0.0849. The zero-order chi connectivity index (χ0) is 20.0. The van der Waals surface area contributed by atoms with Gasteiger partial charge in [-0.1, -0.05) is 57.2 Å². The summed E-state index contributed by atoms with van der Waals surface area (Å²) in [5, 5.41) is 2.96. The van der Waals surface area contributed by atoms with E-state index in [0.717, 1.165) is 24.5 Å². The van der Waals surface area contributed by atoms with Crippen molar-refractivity contribution in [2.45, 2.75) is 45.4 Å². The van der Waals surface area contributed by atoms with Crippen LogP contribution in [0.5, 0.6) is 5.75 Å². The molecule has 0 saturated heterocycles. The van der Waals surface area contributed by atoms with Crippen LogP contribution in [0.3, 0.4) is 0 Å². The Balaban J connectivity index is 1.77. The van der Waals surface area contributed by atoms with Crippen molar-refractivity contribution in [1.29, 1.82) is 0 Å². The minimum Gasteiger partial charge on any atom is -0.494 e. The lowest BCUT2D eigenvalue weighted by molar-refractivity contribution is 0.304. The largest absolute Gasteiger partial charge is 0.494 e. The van der Waals surface area contributed by atoms with E-state index in [1.165, 1.54) is 32.1 Å². The first-order valence-corrected chi connectivity index (χ1v) is 9.90. The van der Waals surface area contributed by atoms with Crippen LogP contribution in [0.2, 0.25) is 0 Å². The van der Waals surface area contributed by atoms with E-state index in [-0.39, 0.29) is 11.9 Å². The average molecular weight is 382 g/mol. The maximum atomic E-state index is 5.86. The molecule has 5 N–H and O–H groups in total. The topological polar surface area (TPSA) is 98.0 Å². The number of anilines is 1. The van der Waals surface area contributed by atoms with E-state index < -0.39 is 0 Å². The second-order valence-electron chi connectivity index (χ2n) is 6.57. The van der Waals surface area contributed by atoms with Crippen LogP contribution in [0.25, 0.3) is 0 Å². The summed E-state index contributed by atoms with van der Waals surface area (Å²) in [6.07, 6.45) is 7.50. The number of para-hydroxylation sites is 1. The molecule has 2 rings (SSSR count). The first-order chi connectivity index (χ1) is 13.7.